The SMILES string of the molecule is CNCC(=O)Nc1c(C)cccc1C(C)C.Cl. The Morgan fingerprint density at radius 2 is 2.00 bits per heavy atom. The zero-order valence-electron chi connectivity index (χ0n) is 10.8. The van der Waals surface area contributed by atoms with Crippen LogP contribution in [-0.4, -0.2) is 19.5 Å². The first-order valence-corrected chi connectivity index (χ1v) is 5.60. The van der Waals surface area contributed by atoms with Crippen LogP contribution in [0, 0.1) is 6.92 Å². The molecule has 0 aliphatic rings. The molecule has 0 aliphatic heterocycles. The molecule has 0 spiro atoms. The van der Waals surface area contributed by atoms with E-state index < -0.39 is 0 Å². The van der Waals surface area contributed by atoms with Gasteiger partial charge in [-0.2, -0.15) is 0 Å². The maximum absolute atomic E-state index is 11.6. The van der Waals surface area contributed by atoms with Crippen molar-refractivity contribution in [1.82, 2.24) is 5.32 Å². The molecule has 0 saturated carbocycles. The molecule has 1 aromatic carbocycles. The van der Waals surface area contributed by atoms with Gasteiger partial charge in [-0.3, -0.25) is 4.79 Å². The smallest absolute Gasteiger partial charge is 0.238 e. The van der Waals surface area contributed by atoms with E-state index in [1.165, 1.54) is 5.56 Å². The lowest BCUT2D eigenvalue weighted by atomic mass is 9.98. The molecule has 1 aromatic rings. The zero-order chi connectivity index (χ0) is 12.1. The Morgan fingerprint density at radius 3 is 2.53 bits per heavy atom. The summed E-state index contributed by atoms with van der Waals surface area (Å²) in [6.45, 7) is 6.61. The van der Waals surface area contributed by atoms with Crippen LogP contribution >= 0.6 is 12.4 Å². The van der Waals surface area contributed by atoms with Crippen LogP contribution in [0.1, 0.15) is 30.9 Å². The van der Waals surface area contributed by atoms with E-state index in [1.807, 2.05) is 19.1 Å². The molecule has 0 aliphatic carbocycles. The molecule has 0 heterocycles. The molecule has 0 unspecified atom stereocenters. The van der Waals surface area contributed by atoms with Crippen LogP contribution < -0.4 is 10.6 Å². The molecule has 1 amide bonds. The van der Waals surface area contributed by atoms with E-state index in [-0.39, 0.29) is 18.3 Å². The fourth-order valence-electron chi connectivity index (χ4n) is 1.69. The van der Waals surface area contributed by atoms with Crippen molar-refractivity contribution in [3.8, 4) is 0 Å². The van der Waals surface area contributed by atoms with Crippen LogP contribution in [0.3, 0.4) is 0 Å². The Morgan fingerprint density at radius 1 is 1.35 bits per heavy atom. The van der Waals surface area contributed by atoms with E-state index in [2.05, 4.69) is 30.5 Å². The molecule has 0 radical (unpaired) electrons. The van der Waals surface area contributed by atoms with Gasteiger partial charge in [-0.05, 0) is 31.0 Å². The number of likely N-dealkylation sites (N-methyl/N-ethyl adjacent to an activating group) is 1. The predicted octanol–water partition coefficient (Wildman–Crippen LogP) is 2.70. The first-order chi connectivity index (χ1) is 7.56. The van der Waals surface area contributed by atoms with Crippen molar-refractivity contribution in [2.75, 3.05) is 18.9 Å². The van der Waals surface area contributed by atoms with E-state index in [9.17, 15) is 4.79 Å². The van der Waals surface area contributed by atoms with Crippen LogP contribution in [0.5, 0.6) is 0 Å². The maximum Gasteiger partial charge on any atom is 0.238 e. The van der Waals surface area contributed by atoms with Gasteiger partial charge in [0.2, 0.25) is 5.91 Å². The highest BCUT2D eigenvalue weighted by molar-refractivity contribution is 5.93. The molecule has 0 aromatic heterocycles. The summed E-state index contributed by atoms with van der Waals surface area (Å²) in [4.78, 5) is 11.6. The predicted molar refractivity (Wildman–Crippen MR) is 75.1 cm³/mol. The van der Waals surface area contributed by atoms with Gasteiger partial charge in [-0.25, -0.2) is 0 Å². The molecule has 0 atom stereocenters. The average molecular weight is 257 g/mol. The Bertz CT molecular complexity index is 378. The lowest BCUT2D eigenvalue weighted by Gasteiger charge is -2.16. The summed E-state index contributed by atoms with van der Waals surface area (Å²) < 4.78 is 0. The number of hydrogen-bond donors (Lipinski definition) is 2. The molecule has 0 saturated heterocycles. The third-order valence-electron chi connectivity index (χ3n) is 2.53. The van der Waals surface area contributed by atoms with E-state index in [0.717, 1.165) is 11.3 Å². The summed E-state index contributed by atoms with van der Waals surface area (Å²) in [5, 5.41) is 5.80. The first kappa shape index (κ1) is 15.9. The number of hydrogen-bond acceptors (Lipinski definition) is 2. The molecule has 1 rings (SSSR count). The van der Waals surface area contributed by atoms with E-state index in [0.29, 0.717) is 12.5 Å². The van der Waals surface area contributed by atoms with Gasteiger partial charge in [-0.1, -0.05) is 32.0 Å². The second-order valence-corrected chi connectivity index (χ2v) is 4.27. The van der Waals surface area contributed by atoms with Crippen molar-refractivity contribution < 1.29 is 4.79 Å². The second-order valence-electron chi connectivity index (χ2n) is 4.27. The molecule has 0 bridgehead atoms. The molecule has 0 fully saturated rings. The molecular weight excluding hydrogens is 236 g/mol. The van der Waals surface area contributed by atoms with Crippen LogP contribution in [0.15, 0.2) is 18.2 Å². The van der Waals surface area contributed by atoms with Gasteiger partial charge in [0.05, 0.1) is 6.54 Å². The number of aryl methyl sites for hydroxylation is 1. The van der Waals surface area contributed by atoms with Gasteiger partial charge in [0.1, 0.15) is 0 Å². The van der Waals surface area contributed by atoms with Crippen molar-refractivity contribution >= 4 is 24.0 Å². The Hall–Kier alpha value is -1.06. The summed E-state index contributed by atoms with van der Waals surface area (Å²) in [5.74, 6) is 0.406. The minimum Gasteiger partial charge on any atom is -0.324 e. The number of anilines is 1. The van der Waals surface area contributed by atoms with Crippen molar-refractivity contribution in [2.24, 2.45) is 0 Å². The number of para-hydroxylation sites is 1. The highest BCUT2D eigenvalue weighted by atomic mass is 35.5. The summed E-state index contributed by atoms with van der Waals surface area (Å²) in [6, 6.07) is 6.10. The van der Waals surface area contributed by atoms with Crippen molar-refractivity contribution in [2.45, 2.75) is 26.7 Å². The van der Waals surface area contributed by atoms with Gasteiger partial charge >= 0.3 is 0 Å². The van der Waals surface area contributed by atoms with E-state index in [1.54, 1.807) is 7.05 Å². The van der Waals surface area contributed by atoms with Gasteiger partial charge in [0, 0.05) is 5.69 Å². The lowest BCUT2D eigenvalue weighted by molar-refractivity contribution is -0.115. The van der Waals surface area contributed by atoms with Crippen LogP contribution in [0.25, 0.3) is 0 Å². The minimum atomic E-state index is -0.00120. The molecular formula is C13H21ClN2O. The molecule has 4 heteroatoms. The lowest BCUT2D eigenvalue weighted by Crippen LogP contribution is -2.26. The number of benzene rings is 1. The fraction of sp³-hybridized carbons (Fsp3) is 0.462. The summed E-state index contributed by atoms with van der Waals surface area (Å²) in [5.41, 5.74) is 3.25. The quantitative estimate of drug-likeness (QED) is 0.870. The highest BCUT2D eigenvalue weighted by Gasteiger charge is 2.11. The van der Waals surface area contributed by atoms with E-state index in [4.69, 9.17) is 0 Å². The number of nitrogens with one attached hydrogen (secondary N) is 2. The number of amides is 1. The first-order valence-electron chi connectivity index (χ1n) is 5.60. The van der Waals surface area contributed by atoms with Crippen molar-refractivity contribution in [3.05, 3.63) is 29.3 Å². The van der Waals surface area contributed by atoms with Crippen LogP contribution in [0.2, 0.25) is 0 Å². The third-order valence-corrected chi connectivity index (χ3v) is 2.53. The Labute approximate surface area is 109 Å². The average Bonchev–Trinajstić information content (AvgIpc) is 2.21. The fourth-order valence-corrected chi connectivity index (χ4v) is 1.69. The molecule has 2 N–H and O–H groups in total. The minimum absolute atomic E-state index is 0. The van der Waals surface area contributed by atoms with Gasteiger partial charge < -0.3 is 10.6 Å². The Balaban J connectivity index is 0.00000256. The maximum atomic E-state index is 11.6. The normalized spacial score (nSPS) is 9.94. The Kier molecular flexibility index (Phi) is 6.85. The number of halogens is 1. The third kappa shape index (κ3) is 4.36. The van der Waals surface area contributed by atoms with Crippen molar-refractivity contribution in [1.29, 1.82) is 0 Å². The van der Waals surface area contributed by atoms with Gasteiger partial charge in [0.15, 0.2) is 0 Å². The number of carbonyl (C=O) groups is 1. The van der Waals surface area contributed by atoms with Crippen molar-refractivity contribution in [3.63, 3.8) is 0 Å². The van der Waals surface area contributed by atoms with E-state index >= 15 is 0 Å². The summed E-state index contributed by atoms with van der Waals surface area (Å²) in [6.07, 6.45) is 0. The topological polar surface area (TPSA) is 41.1 Å². The number of carbonyl (C=O) groups excluding carboxylic acids is 1. The largest absolute Gasteiger partial charge is 0.324 e. The number of rotatable bonds is 4. The molecule has 3 nitrogen and oxygen atoms in total. The highest BCUT2D eigenvalue weighted by Crippen LogP contribution is 2.27. The molecule has 17 heavy (non-hydrogen) atoms. The van der Waals surface area contributed by atoms with Crippen LogP contribution in [-0.2, 0) is 4.79 Å². The zero-order valence-corrected chi connectivity index (χ0v) is 11.6. The summed E-state index contributed by atoms with van der Waals surface area (Å²) in [7, 11) is 1.76. The summed E-state index contributed by atoms with van der Waals surface area (Å²) >= 11 is 0. The van der Waals surface area contributed by atoms with Gasteiger partial charge in [0.25, 0.3) is 0 Å². The van der Waals surface area contributed by atoms with Gasteiger partial charge in [-0.15, -0.1) is 12.4 Å². The van der Waals surface area contributed by atoms with Crippen LogP contribution in [0.4, 0.5) is 5.69 Å². The second kappa shape index (κ2) is 7.30. The molecule has 96 valence electrons. The standard InChI is InChI=1S/C13H20N2O.ClH/c1-9(2)11-7-5-6-10(3)13(11)15-12(16)8-14-4;/h5-7,9,14H,8H2,1-4H3,(H,15,16);1H. The monoisotopic (exact) mass is 256 g/mol.